The minimum Gasteiger partial charge on any atom is -0.463 e. The van der Waals surface area contributed by atoms with Crippen LogP contribution in [0.2, 0.25) is 0 Å². The van der Waals surface area contributed by atoms with Gasteiger partial charge < -0.3 is 19.2 Å². The Kier molecular flexibility index (Phi) is 4.48. The molecule has 160 valence electrons. The second-order valence-electron chi connectivity index (χ2n) is 8.82. The van der Waals surface area contributed by atoms with Crippen molar-refractivity contribution in [3.05, 3.63) is 35.9 Å². The van der Waals surface area contributed by atoms with Crippen molar-refractivity contribution in [3.63, 3.8) is 0 Å². The first-order valence-corrected chi connectivity index (χ1v) is 11.5. The van der Waals surface area contributed by atoms with E-state index in [4.69, 9.17) is 18.9 Å². The smallest absolute Gasteiger partial charge is 0.152 e. The maximum absolute atomic E-state index is 6.15. The topological polar surface area (TPSA) is 82.3 Å². The molecule has 0 aliphatic carbocycles. The molecule has 1 fully saturated rings. The summed E-state index contributed by atoms with van der Waals surface area (Å²) in [5.74, 6) is 1.62. The van der Waals surface area contributed by atoms with Crippen LogP contribution in [0.4, 0.5) is 5.82 Å². The molecule has 4 aromatic rings. The zero-order valence-corrected chi connectivity index (χ0v) is 18.4. The van der Waals surface area contributed by atoms with E-state index in [-0.39, 0.29) is 11.7 Å². The molecule has 0 spiro atoms. The lowest BCUT2D eigenvalue weighted by Gasteiger charge is -2.32. The summed E-state index contributed by atoms with van der Waals surface area (Å²) in [5, 5.41) is 4.61. The van der Waals surface area contributed by atoms with E-state index in [0.717, 1.165) is 75.7 Å². The SMILES string of the molecule is CC1(C)Cc2c(c(-c3ccco3)nc3sc4c(NC[C@H]5CCCO5)ncnc4c23)CO1. The molecule has 0 saturated carbocycles. The van der Waals surface area contributed by atoms with Crippen LogP contribution < -0.4 is 5.32 Å². The Bertz CT molecular complexity index is 1260. The van der Waals surface area contributed by atoms with E-state index in [1.54, 1.807) is 23.9 Å². The lowest BCUT2D eigenvalue weighted by Crippen LogP contribution is -2.32. The molecule has 2 aliphatic rings. The van der Waals surface area contributed by atoms with Crippen LogP contribution in [-0.2, 0) is 22.5 Å². The predicted molar refractivity (Wildman–Crippen MR) is 120 cm³/mol. The third-order valence-electron chi connectivity index (χ3n) is 6.10. The van der Waals surface area contributed by atoms with Crippen LogP contribution >= 0.6 is 11.3 Å². The zero-order valence-electron chi connectivity index (χ0n) is 17.6. The average molecular weight is 437 g/mol. The van der Waals surface area contributed by atoms with E-state index >= 15 is 0 Å². The first kappa shape index (κ1) is 19.2. The van der Waals surface area contributed by atoms with Crippen molar-refractivity contribution in [2.45, 2.75) is 51.4 Å². The van der Waals surface area contributed by atoms with Crippen LogP contribution in [-0.4, -0.2) is 39.8 Å². The Morgan fingerprint density at radius 1 is 1.26 bits per heavy atom. The highest BCUT2D eigenvalue weighted by Gasteiger charge is 2.32. The van der Waals surface area contributed by atoms with Crippen molar-refractivity contribution in [2.75, 3.05) is 18.5 Å². The maximum Gasteiger partial charge on any atom is 0.152 e. The Balaban J connectivity index is 1.53. The van der Waals surface area contributed by atoms with Gasteiger partial charge in [-0.2, -0.15) is 0 Å². The van der Waals surface area contributed by atoms with Crippen molar-refractivity contribution < 1.29 is 13.9 Å². The van der Waals surface area contributed by atoms with Crippen molar-refractivity contribution in [3.8, 4) is 11.5 Å². The number of hydrogen-bond donors (Lipinski definition) is 1. The highest BCUT2D eigenvalue weighted by Crippen LogP contribution is 2.44. The van der Waals surface area contributed by atoms with Crippen LogP contribution in [0, 0.1) is 0 Å². The Labute approximate surface area is 183 Å². The number of thiophene rings is 1. The summed E-state index contributed by atoms with van der Waals surface area (Å²) in [7, 11) is 0. The second kappa shape index (κ2) is 7.25. The minimum atomic E-state index is -0.246. The molecule has 0 amide bonds. The first-order chi connectivity index (χ1) is 15.1. The van der Waals surface area contributed by atoms with Gasteiger partial charge in [0.25, 0.3) is 0 Å². The monoisotopic (exact) mass is 436 g/mol. The summed E-state index contributed by atoms with van der Waals surface area (Å²) in [6.45, 7) is 6.37. The first-order valence-electron chi connectivity index (χ1n) is 10.7. The quantitative estimate of drug-likeness (QED) is 0.485. The zero-order chi connectivity index (χ0) is 21.0. The number of aromatic nitrogens is 3. The van der Waals surface area contributed by atoms with Gasteiger partial charge in [-0.3, -0.25) is 0 Å². The Morgan fingerprint density at radius 3 is 3.00 bits per heavy atom. The molecule has 0 bridgehead atoms. The summed E-state index contributed by atoms with van der Waals surface area (Å²) < 4.78 is 18.7. The molecule has 8 heteroatoms. The molecule has 4 aromatic heterocycles. The van der Waals surface area contributed by atoms with E-state index in [1.165, 1.54) is 5.56 Å². The number of fused-ring (bicyclic) bond motifs is 5. The van der Waals surface area contributed by atoms with E-state index in [9.17, 15) is 0 Å². The van der Waals surface area contributed by atoms with Gasteiger partial charge in [0.1, 0.15) is 22.7 Å². The van der Waals surface area contributed by atoms with Gasteiger partial charge in [0.15, 0.2) is 5.76 Å². The number of rotatable bonds is 4. The fraction of sp³-hybridized carbons (Fsp3) is 0.435. The van der Waals surface area contributed by atoms with Crippen molar-refractivity contribution in [2.24, 2.45) is 0 Å². The molecule has 6 heterocycles. The number of nitrogens with zero attached hydrogens (tertiary/aromatic N) is 3. The third kappa shape index (κ3) is 3.30. The van der Waals surface area contributed by atoms with Crippen LogP contribution in [0.5, 0.6) is 0 Å². The standard InChI is InChI=1S/C23H24N4O3S/c1-23(2)9-14-15(11-30-23)18(16-6-4-8-29-16)27-22-17(14)19-20(31-22)21(26-12-25-19)24-10-13-5-3-7-28-13/h4,6,8,12-13H,3,5,7,9-11H2,1-2H3,(H,24,25,26)/t13-/m1/s1. The number of anilines is 1. The molecule has 0 aromatic carbocycles. The summed E-state index contributed by atoms with van der Waals surface area (Å²) in [4.78, 5) is 15.2. The molecule has 1 atom stereocenters. The average Bonchev–Trinajstić information content (AvgIpc) is 3.51. The highest BCUT2D eigenvalue weighted by atomic mass is 32.1. The lowest BCUT2D eigenvalue weighted by molar-refractivity contribution is -0.0395. The molecule has 31 heavy (non-hydrogen) atoms. The molecule has 1 saturated heterocycles. The minimum absolute atomic E-state index is 0.244. The van der Waals surface area contributed by atoms with Gasteiger partial charge in [-0.25, -0.2) is 15.0 Å². The van der Waals surface area contributed by atoms with Crippen LogP contribution in [0.15, 0.2) is 29.1 Å². The Morgan fingerprint density at radius 2 is 2.19 bits per heavy atom. The molecule has 7 nitrogen and oxygen atoms in total. The molecular formula is C23H24N4O3S. The van der Waals surface area contributed by atoms with Gasteiger partial charge in [-0.1, -0.05) is 0 Å². The summed E-state index contributed by atoms with van der Waals surface area (Å²) in [6.07, 6.45) is 6.58. The number of nitrogens with one attached hydrogen (secondary N) is 1. The van der Waals surface area contributed by atoms with E-state index < -0.39 is 0 Å². The Hall–Kier alpha value is -2.55. The fourth-order valence-electron chi connectivity index (χ4n) is 4.56. The van der Waals surface area contributed by atoms with Crippen molar-refractivity contribution >= 4 is 37.6 Å². The largest absolute Gasteiger partial charge is 0.463 e. The molecule has 0 unspecified atom stereocenters. The van der Waals surface area contributed by atoms with Gasteiger partial charge in [0, 0.05) is 30.5 Å². The van der Waals surface area contributed by atoms with Gasteiger partial charge >= 0.3 is 0 Å². The van der Waals surface area contributed by atoms with Crippen LogP contribution in [0.3, 0.4) is 0 Å². The molecule has 0 radical (unpaired) electrons. The van der Waals surface area contributed by atoms with Gasteiger partial charge in [0.2, 0.25) is 0 Å². The van der Waals surface area contributed by atoms with Crippen LogP contribution in [0.1, 0.15) is 37.8 Å². The summed E-state index contributed by atoms with van der Waals surface area (Å²) >= 11 is 1.63. The van der Waals surface area contributed by atoms with Gasteiger partial charge in [-0.15, -0.1) is 11.3 Å². The van der Waals surface area contributed by atoms with E-state index in [0.29, 0.717) is 6.61 Å². The lowest BCUT2D eigenvalue weighted by atomic mass is 9.89. The molecular weight excluding hydrogens is 412 g/mol. The van der Waals surface area contributed by atoms with Crippen molar-refractivity contribution in [1.82, 2.24) is 15.0 Å². The maximum atomic E-state index is 6.15. The highest BCUT2D eigenvalue weighted by molar-refractivity contribution is 7.26. The second-order valence-corrected chi connectivity index (χ2v) is 9.82. The summed E-state index contributed by atoms with van der Waals surface area (Å²) in [5.41, 5.74) is 3.91. The number of furan rings is 1. The molecule has 2 aliphatic heterocycles. The molecule has 1 N–H and O–H groups in total. The van der Waals surface area contributed by atoms with E-state index in [1.807, 2.05) is 12.1 Å². The fourth-order valence-corrected chi connectivity index (χ4v) is 5.69. The third-order valence-corrected chi connectivity index (χ3v) is 7.18. The number of hydrogen-bond acceptors (Lipinski definition) is 8. The normalized spacial score (nSPS) is 20.4. The van der Waals surface area contributed by atoms with E-state index in [2.05, 4.69) is 29.1 Å². The van der Waals surface area contributed by atoms with Crippen LogP contribution in [0.25, 0.3) is 31.9 Å². The number of pyridine rings is 1. The van der Waals surface area contributed by atoms with Crippen molar-refractivity contribution in [1.29, 1.82) is 0 Å². The number of ether oxygens (including phenoxy) is 2. The van der Waals surface area contributed by atoms with Gasteiger partial charge in [0.05, 0.1) is 34.8 Å². The van der Waals surface area contributed by atoms with Gasteiger partial charge in [-0.05, 0) is 44.4 Å². The summed E-state index contributed by atoms with van der Waals surface area (Å²) in [6, 6.07) is 3.85. The predicted octanol–water partition coefficient (Wildman–Crippen LogP) is 4.94. The molecule has 6 rings (SSSR count).